The minimum absolute atomic E-state index is 0.359. The third-order valence-corrected chi connectivity index (χ3v) is 4.11. The lowest BCUT2D eigenvalue weighted by Gasteiger charge is -2.14. The number of fused-ring (bicyclic) bond motifs is 1. The first kappa shape index (κ1) is 13.9. The highest BCUT2D eigenvalue weighted by atomic mass is 14.9. The fraction of sp³-hybridized carbons (Fsp3) is 0.316. The summed E-state index contributed by atoms with van der Waals surface area (Å²) in [6.45, 7) is 4.36. The van der Waals surface area contributed by atoms with Gasteiger partial charge in [-0.2, -0.15) is 0 Å². The molecule has 1 aromatic heterocycles. The van der Waals surface area contributed by atoms with E-state index in [2.05, 4.69) is 67.4 Å². The maximum Gasteiger partial charge on any atom is 0.114 e. The van der Waals surface area contributed by atoms with Crippen LogP contribution < -0.4 is 0 Å². The Bertz CT molecular complexity index is 713. The topological polar surface area (TPSA) is 28.7 Å². The molecule has 1 N–H and O–H groups in total. The van der Waals surface area contributed by atoms with Crippen LogP contribution in [0.25, 0.3) is 11.0 Å². The summed E-state index contributed by atoms with van der Waals surface area (Å²) in [6.07, 6.45) is 3.57. The quantitative estimate of drug-likeness (QED) is 0.683. The highest BCUT2D eigenvalue weighted by molar-refractivity contribution is 5.78. The third kappa shape index (κ3) is 2.85. The summed E-state index contributed by atoms with van der Waals surface area (Å²) in [5.74, 6) is 1.46. The van der Waals surface area contributed by atoms with Gasteiger partial charge in [0.05, 0.1) is 11.0 Å². The fourth-order valence-electron chi connectivity index (χ4n) is 2.91. The lowest BCUT2D eigenvalue weighted by Crippen LogP contribution is -2.03. The molecule has 1 heterocycles. The van der Waals surface area contributed by atoms with Crippen molar-refractivity contribution >= 4 is 11.0 Å². The van der Waals surface area contributed by atoms with E-state index in [-0.39, 0.29) is 0 Å². The van der Waals surface area contributed by atoms with Crippen LogP contribution in [0.1, 0.15) is 49.1 Å². The second-order valence-corrected chi connectivity index (χ2v) is 5.70. The molecule has 0 saturated heterocycles. The van der Waals surface area contributed by atoms with Crippen molar-refractivity contribution in [3.63, 3.8) is 0 Å². The number of imidazole rings is 1. The van der Waals surface area contributed by atoms with Crippen molar-refractivity contribution in [1.29, 1.82) is 0 Å². The molecule has 0 aliphatic heterocycles. The van der Waals surface area contributed by atoms with Gasteiger partial charge in [-0.15, -0.1) is 0 Å². The highest BCUT2D eigenvalue weighted by Crippen LogP contribution is 2.29. The second kappa shape index (κ2) is 6.13. The zero-order valence-corrected chi connectivity index (χ0v) is 12.8. The minimum atomic E-state index is 0.359. The molecular formula is C19H22N2. The molecule has 3 rings (SSSR count). The molecule has 0 aliphatic carbocycles. The first-order valence-corrected chi connectivity index (χ1v) is 7.79. The number of aromatic amines is 1. The van der Waals surface area contributed by atoms with E-state index in [1.54, 1.807) is 0 Å². The van der Waals surface area contributed by atoms with Crippen molar-refractivity contribution in [2.75, 3.05) is 0 Å². The molecule has 0 saturated carbocycles. The maximum atomic E-state index is 4.89. The van der Waals surface area contributed by atoms with Crippen LogP contribution in [0.2, 0.25) is 0 Å². The molecule has 2 heteroatoms. The van der Waals surface area contributed by atoms with E-state index >= 15 is 0 Å². The number of H-pyrrole nitrogens is 1. The van der Waals surface area contributed by atoms with Crippen LogP contribution in [0.4, 0.5) is 0 Å². The fourth-order valence-corrected chi connectivity index (χ4v) is 2.91. The lowest BCUT2D eigenvalue weighted by molar-refractivity contribution is 0.629. The van der Waals surface area contributed by atoms with E-state index in [9.17, 15) is 0 Å². The van der Waals surface area contributed by atoms with Gasteiger partial charge >= 0.3 is 0 Å². The Morgan fingerprint density at radius 3 is 2.57 bits per heavy atom. The number of benzene rings is 2. The van der Waals surface area contributed by atoms with Crippen molar-refractivity contribution in [2.45, 2.75) is 39.0 Å². The van der Waals surface area contributed by atoms with Crippen LogP contribution >= 0.6 is 0 Å². The SMILES string of the molecule is CCCCC(c1ccccc1)c1nc2c(C)cccc2[nH]1. The first-order chi connectivity index (χ1) is 10.3. The van der Waals surface area contributed by atoms with Crippen molar-refractivity contribution in [3.05, 3.63) is 65.5 Å². The number of nitrogens with one attached hydrogen (secondary N) is 1. The van der Waals surface area contributed by atoms with E-state index in [1.165, 1.54) is 24.0 Å². The van der Waals surface area contributed by atoms with Gasteiger partial charge in [-0.1, -0.05) is 62.2 Å². The van der Waals surface area contributed by atoms with E-state index in [1.807, 2.05) is 0 Å². The van der Waals surface area contributed by atoms with E-state index < -0.39 is 0 Å². The molecule has 0 amide bonds. The Hall–Kier alpha value is -2.09. The summed E-state index contributed by atoms with van der Waals surface area (Å²) < 4.78 is 0. The molecule has 2 aromatic carbocycles. The van der Waals surface area contributed by atoms with E-state index in [4.69, 9.17) is 4.98 Å². The molecule has 0 bridgehead atoms. The molecule has 0 aliphatic rings. The number of hydrogen-bond acceptors (Lipinski definition) is 1. The highest BCUT2D eigenvalue weighted by Gasteiger charge is 2.17. The Balaban J connectivity index is 2.03. The van der Waals surface area contributed by atoms with Crippen molar-refractivity contribution in [1.82, 2.24) is 9.97 Å². The summed E-state index contributed by atoms with van der Waals surface area (Å²) in [7, 11) is 0. The molecule has 0 fully saturated rings. The molecule has 1 unspecified atom stereocenters. The van der Waals surface area contributed by atoms with Gasteiger partial charge in [-0.3, -0.25) is 0 Å². The summed E-state index contributed by atoms with van der Waals surface area (Å²) in [5, 5.41) is 0. The van der Waals surface area contributed by atoms with Crippen LogP contribution in [-0.4, -0.2) is 9.97 Å². The molecule has 2 nitrogen and oxygen atoms in total. The molecule has 3 aromatic rings. The summed E-state index contributed by atoms with van der Waals surface area (Å²) in [5.41, 5.74) is 4.83. The molecule has 108 valence electrons. The largest absolute Gasteiger partial charge is 0.341 e. The van der Waals surface area contributed by atoms with E-state index in [0.29, 0.717) is 5.92 Å². The molecule has 21 heavy (non-hydrogen) atoms. The van der Waals surface area contributed by atoms with Crippen LogP contribution in [0, 0.1) is 6.92 Å². The standard InChI is InChI=1S/C19H22N2/c1-3-4-12-16(15-10-6-5-7-11-15)19-20-17-13-8-9-14(2)18(17)21-19/h5-11,13,16H,3-4,12H2,1-2H3,(H,20,21). The van der Waals surface area contributed by atoms with Gasteiger partial charge in [0.2, 0.25) is 0 Å². The van der Waals surface area contributed by atoms with Gasteiger partial charge in [0.25, 0.3) is 0 Å². The van der Waals surface area contributed by atoms with Crippen molar-refractivity contribution in [2.24, 2.45) is 0 Å². The lowest BCUT2D eigenvalue weighted by atomic mass is 9.93. The van der Waals surface area contributed by atoms with Gasteiger partial charge in [-0.25, -0.2) is 4.98 Å². The Morgan fingerprint density at radius 1 is 1.05 bits per heavy atom. The maximum absolute atomic E-state index is 4.89. The van der Waals surface area contributed by atoms with Crippen LogP contribution in [-0.2, 0) is 0 Å². The molecule has 0 radical (unpaired) electrons. The predicted molar refractivity (Wildman–Crippen MR) is 88.6 cm³/mol. The number of rotatable bonds is 5. The normalized spacial score (nSPS) is 12.7. The number of unbranched alkanes of at least 4 members (excludes halogenated alkanes) is 1. The van der Waals surface area contributed by atoms with E-state index in [0.717, 1.165) is 23.3 Å². The Kier molecular flexibility index (Phi) is 4.05. The zero-order chi connectivity index (χ0) is 14.7. The van der Waals surface area contributed by atoms with Gasteiger partial charge in [0.1, 0.15) is 5.82 Å². The van der Waals surface area contributed by atoms with Crippen molar-refractivity contribution < 1.29 is 0 Å². The van der Waals surface area contributed by atoms with Gasteiger partial charge in [0.15, 0.2) is 0 Å². The minimum Gasteiger partial charge on any atom is -0.341 e. The van der Waals surface area contributed by atoms with Crippen molar-refractivity contribution in [3.8, 4) is 0 Å². The van der Waals surface area contributed by atoms with Crippen LogP contribution in [0.15, 0.2) is 48.5 Å². The monoisotopic (exact) mass is 278 g/mol. The van der Waals surface area contributed by atoms with Gasteiger partial charge in [0, 0.05) is 5.92 Å². The Morgan fingerprint density at radius 2 is 1.86 bits per heavy atom. The number of para-hydroxylation sites is 1. The number of nitrogens with zero attached hydrogens (tertiary/aromatic N) is 1. The second-order valence-electron chi connectivity index (χ2n) is 5.70. The predicted octanol–water partition coefficient (Wildman–Crippen LogP) is 5.19. The third-order valence-electron chi connectivity index (χ3n) is 4.11. The molecular weight excluding hydrogens is 256 g/mol. The summed E-state index contributed by atoms with van der Waals surface area (Å²) in [6, 6.07) is 17.0. The number of aromatic nitrogens is 2. The van der Waals surface area contributed by atoms with Gasteiger partial charge < -0.3 is 4.98 Å². The first-order valence-electron chi connectivity index (χ1n) is 7.79. The zero-order valence-electron chi connectivity index (χ0n) is 12.8. The summed E-state index contributed by atoms with van der Waals surface area (Å²) >= 11 is 0. The number of hydrogen-bond donors (Lipinski definition) is 1. The average molecular weight is 278 g/mol. The van der Waals surface area contributed by atoms with Crippen LogP contribution in [0.3, 0.4) is 0 Å². The van der Waals surface area contributed by atoms with Crippen LogP contribution in [0.5, 0.6) is 0 Å². The van der Waals surface area contributed by atoms with Gasteiger partial charge in [-0.05, 0) is 30.5 Å². The average Bonchev–Trinajstić information content (AvgIpc) is 2.94. The smallest absolute Gasteiger partial charge is 0.114 e. The molecule has 1 atom stereocenters. The number of aryl methyl sites for hydroxylation is 1. The summed E-state index contributed by atoms with van der Waals surface area (Å²) in [4.78, 5) is 8.42. The molecule has 0 spiro atoms. The Labute approximate surface area is 126 Å².